The fourth-order valence-corrected chi connectivity index (χ4v) is 5.97. The highest BCUT2D eigenvalue weighted by molar-refractivity contribution is 6.03. The van der Waals surface area contributed by atoms with E-state index in [0.29, 0.717) is 29.7 Å². The van der Waals surface area contributed by atoms with Gasteiger partial charge < -0.3 is 25.8 Å². The number of benzene rings is 2. The molecule has 0 heterocycles. The van der Waals surface area contributed by atoms with Crippen LogP contribution in [0.4, 0.5) is 0 Å². The second-order valence-electron chi connectivity index (χ2n) is 10.6. The van der Waals surface area contributed by atoms with Crippen molar-refractivity contribution in [3.63, 3.8) is 0 Å². The van der Waals surface area contributed by atoms with Gasteiger partial charge in [0.2, 0.25) is 5.91 Å². The van der Waals surface area contributed by atoms with Crippen LogP contribution in [-0.2, 0) is 22.6 Å². The highest BCUT2D eigenvalue weighted by Gasteiger charge is 2.35. The van der Waals surface area contributed by atoms with Gasteiger partial charge in [-0.2, -0.15) is 0 Å². The summed E-state index contributed by atoms with van der Waals surface area (Å²) in [5.74, 6) is -2.36. The van der Waals surface area contributed by atoms with Gasteiger partial charge in [0.1, 0.15) is 17.3 Å². The first-order valence-electron chi connectivity index (χ1n) is 14.0. The lowest BCUT2D eigenvalue weighted by Gasteiger charge is -2.32. The lowest BCUT2D eigenvalue weighted by molar-refractivity contribution is -0.131. The number of phenols is 1. The zero-order valence-electron chi connectivity index (χ0n) is 23.7. The number of carbonyl (C=O) groups excluding carboxylic acids is 3. The summed E-state index contributed by atoms with van der Waals surface area (Å²) >= 11 is 0. The maximum Gasteiger partial charge on any atom is 0.224 e. The number of carbonyl (C=O) groups is 3. The minimum atomic E-state index is -0.864. The number of hydrogen-bond donors (Lipinski definition) is 4. The first-order valence-corrected chi connectivity index (χ1v) is 14.0. The van der Waals surface area contributed by atoms with E-state index in [1.54, 1.807) is 19.2 Å². The summed E-state index contributed by atoms with van der Waals surface area (Å²) in [5.41, 5.74) is 8.94. The number of primary amides is 1. The Hall–Kier alpha value is -3.27. The van der Waals surface area contributed by atoms with E-state index in [1.807, 2.05) is 12.1 Å². The van der Waals surface area contributed by atoms with Gasteiger partial charge in [-0.25, -0.2) is 0 Å². The van der Waals surface area contributed by atoms with Gasteiger partial charge in [0.15, 0.2) is 5.78 Å². The lowest BCUT2D eigenvalue weighted by atomic mass is 9.72. The molecule has 0 spiro atoms. The molecule has 1 amide bonds. The van der Waals surface area contributed by atoms with Crippen molar-refractivity contribution in [3.8, 4) is 22.6 Å². The summed E-state index contributed by atoms with van der Waals surface area (Å²) in [4.78, 5) is 39.7. The number of ether oxygens (including phenoxy) is 1. The molecule has 218 valence electrons. The molecule has 0 saturated carbocycles. The maximum absolute atomic E-state index is 13.4. The quantitative estimate of drug-likeness (QED) is 0.245. The monoisotopic (exact) mass is 554 g/mol. The third kappa shape index (κ3) is 7.27. The van der Waals surface area contributed by atoms with Gasteiger partial charge in [-0.15, -0.1) is 0 Å². The van der Waals surface area contributed by atoms with Crippen molar-refractivity contribution in [2.75, 3.05) is 33.4 Å². The smallest absolute Gasteiger partial charge is 0.224 e. The summed E-state index contributed by atoms with van der Waals surface area (Å²) in [6.45, 7) is 6.13. The zero-order chi connectivity index (χ0) is 29.4. The number of rotatable bonds is 15. The Morgan fingerprint density at radius 1 is 1.10 bits per heavy atom. The molecule has 5 N–H and O–H groups in total. The van der Waals surface area contributed by atoms with Crippen LogP contribution in [0, 0.1) is 17.8 Å². The van der Waals surface area contributed by atoms with Crippen molar-refractivity contribution in [3.05, 3.63) is 47.0 Å². The first kappa shape index (κ1) is 31.3. The Morgan fingerprint density at radius 3 is 2.42 bits per heavy atom. The average Bonchev–Trinajstić information content (AvgIpc) is 2.91. The predicted octanol–water partition coefficient (Wildman–Crippen LogP) is 3.10. The minimum Gasteiger partial charge on any atom is -0.507 e. The van der Waals surface area contributed by atoms with Crippen LogP contribution in [0.15, 0.2) is 30.3 Å². The van der Waals surface area contributed by atoms with Crippen molar-refractivity contribution in [2.24, 2.45) is 23.5 Å². The standard InChI is InChI=1S/C31H42N2O7/c1-4-33(5-2)17-19-6-9-29(40-3)23(13-19)22-7-8-26(36)31-24(22)14-20(15-28(31)38)12-21(10-11-34)25(18-35)27(37)16-30(32)39/h6-9,13,20-21,25,34-36H,4-5,10-12,14-18H2,1-3H3,(H2,32,39). The van der Waals surface area contributed by atoms with Crippen molar-refractivity contribution < 1.29 is 34.4 Å². The van der Waals surface area contributed by atoms with Gasteiger partial charge in [0, 0.05) is 31.1 Å². The fourth-order valence-electron chi connectivity index (χ4n) is 5.97. The van der Waals surface area contributed by atoms with Crippen LogP contribution in [0.3, 0.4) is 0 Å². The highest BCUT2D eigenvalue weighted by atomic mass is 16.5. The zero-order valence-corrected chi connectivity index (χ0v) is 23.7. The molecule has 0 radical (unpaired) electrons. The van der Waals surface area contributed by atoms with Gasteiger partial charge in [-0.1, -0.05) is 26.0 Å². The van der Waals surface area contributed by atoms with E-state index >= 15 is 0 Å². The molecule has 2 aromatic carbocycles. The van der Waals surface area contributed by atoms with Gasteiger partial charge in [0.05, 0.1) is 25.7 Å². The average molecular weight is 555 g/mol. The fraction of sp³-hybridized carbons (Fsp3) is 0.516. The van der Waals surface area contributed by atoms with E-state index < -0.39 is 36.6 Å². The molecule has 3 unspecified atom stereocenters. The maximum atomic E-state index is 13.4. The molecular weight excluding hydrogens is 512 g/mol. The Bertz CT molecular complexity index is 1210. The SMILES string of the molecule is CCN(CC)Cc1ccc(OC)c(-c2ccc(O)c3c2CC(CC(CCO)C(CO)C(=O)CC(N)=O)CC3=O)c1. The summed E-state index contributed by atoms with van der Waals surface area (Å²) in [5, 5.41) is 30.4. The molecular formula is C31H42N2O7. The Kier molecular flexibility index (Phi) is 11.2. The topological polar surface area (TPSA) is 150 Å². The van der Waals surface area contributed by atoms with Crippen LogP contribution < -0.4 is 10.5 Å². The molecule has 40 heavy (non-hydrogen) atoms. The Balaban J connectivity index is 2.01. The molecule has 0 saturated heterocycles. The van der Waals surface area contributed by atoms with Crippen LogP contribution >= 0.6 is 0 Å². The van der Waals surface area contributed by atoms with Gasteiger partial charge in [0.25, 0.3) is 0 Å². The molecule has 0 bridgehead atoms. The number of methoxy groups -OCH3 is 1. The van der Waals surface area contributed by atoms with Crippen LogP contribution in [0.2, 0.25) is 0 Å². The van der Waals surface area contributed by atoms with Gasteiger partial charge in [-0.05, 0) is 79.1 Å². The van der Waals surface area contributed by atoms with E-state index in [1.165, 1.54) is 0 Å². The molecule has 3 rings (SSSR count). The molecule has 1 aliphatic carbocycles. The molecule has 2 aromatic rings. The number of hydrogen-bond acceptors (Lipinski definition) is 8. The second-order valence-corrected chi connectivity index (χ2v) is 10.6. The largest absolute Gasteiger partial charge is 0.507 e. The van der Waals surface area contributed by atoms with E-state index in [2.05, 4.69) is 24.8 Å². The number of aromatic hydroxyl groups is 1. The van der Waals surface area contributed by atoms with Crippen molar-refractivity contribution in [1.82, 2.24) is 4.90 Å². The van der Waals surface area contributed by atoms with E-state index in [4.69, 9.17) is 10.5 Å². The summed E-state index contributed by atoms with van der Waals surface area (Å²) in [7, 11) is 1.60. The molecule has 0 fully saturated rings. The van der Waals surface area contributed by atoms with Gasteiger partial charge in [-0.3, -0.25) is 19.3 Å². The number of aliphatic hydroxyl groups is 2. The number of phenolic OH excluding ortho intramolecular Hbond substituents is 1. The number of amides is 1. The van der Waals surface area contributed by atoms with Crippen LogP contribution in [-0.4, -0.2) is 71.1 Å². The van der Waals surface area contributed by atoms with E-state index in [9.17, 15) is 29.7 Å². The highest BCUT2D eigenvalue weighted by Crippen LogP contribution is 2.43. The third-order valence-electron chi connectivity index (χ3n) is 8.06. The Labute approximate surface area is 235 Å². The summed E-state index contributed by atoms with van der Waals surface area (Å²) in [6, 6.07) is 9.36. The predicted molar refractivity (Wildman–Crippen MR) is 152 cm³/mol. The second kappa shape index (κ2) is 14.4. The van der Waals surface area contributed by atoms with E-state index in [-0.39, 0.29) is 36.9 Å². The number of aliphatic hydroxyl groups excluding tert-OH is 2. The molecule has 0 aromatic heterocycles. The van der Waals surface area contributed by atoms with E-state index in [0.717, 1.165) is 36.3 Å². The van der Waals surface area contributed by atoms with Crippen molar-refractivity contribution in [1.29, 1.82) is 0 Å². The van der Waals surface area contributed by atoms with Crippen molar-refractivity contribution in [2.45, 2.75) is 52.5 Å². The van der Waals surface area contributed by atoms with Crippen molar-refractivity contribution >= 4 is 17.5 Å². The van der Waals surface area contributed by atoms with Crippen LogP contribution in [0.25, 0.3) is 11.1 Å². The number of Topliss-reactive ketones (excluding diaryl/α,β-unsaturated/α-hetero) is 2. The normalized spacial score (nSPS) is 16.4. The summed E-state index contributed by atoms with van der Waals surface area (Å²) < 4.78 is 5.70. The Morgan fingerprint density at radius 2 is 1.82 bits per heavy atom. The molecule has 0 aliphatic heterocycles. The summed E-state index contributed by atoms with van der Waals surface area (Å²) in [6.07, 6.45) is 0.754. The first-order chi connectivity index (χ1) is 19.2. The number of ketones is 2. The molecule has 9 heteroatoms. The lowest BCUT2D eigenvalue weighted by Crippen LogP contribution is -2.33. The number of fused-ring (bicyclic) bond motifs is 1. The minimum absolute atomic E-state index is 0.0720. The number of nitrogens with zero attached hydrogens (tertiary/aromatic N) is 1. The molecule has 9 nitrogen and oxygen atoms in total. The molecule has 3 atom stereocenters. The van der Waals surface area contributed by atoms with Gasteiger partial charge >= 0.3 is 0 Å². The molecule has 1 aliphatic rings. The number of nitrogens with two attached hydrogens (primary N) is 1. The third-order valence-corrected chi connectivity index (χ3v) is 8.06. The van der Waals surface area contributed by atoms with Crippen LogP contribution in [0.1, 0.15) is 61.0 Å². The van der Waals surface area contributed by atoms with Crippen LogP contribution in [0.5, 0.6) is 11.5 Å².